The smallest absolute Gasteiger partial charge is 0.142 e. The molecule has 0 atom stereocenters. The summed E-state index contributed by atoms with van der Waals surface area (Å²) >= 11 is 0. The van der Waals surface area contributed by atoms with Crippen molar-refractivity contribution in [3.63, 3.8) is 0 Å². The van der Waals surface area contributed by atoms with Crippen LogP contribution in [0.1, 0.15) is 19.8 Å². The van der Waals surface area contributed by atoms with E-state index in [2.05, 4.69) is 13.0 Å². The number of hydrogen-bond acceptors (Lipinski definition) is 1. The molecule has 0 aliphatic heterocycles. The van der Waals surface area contributed by atoms with E-state index >= 15 is 0 Å². The van der Waals surface area contributed by atoms with Gasteiger partial charge in [-0.05, 0) is 18.9 Å². The van der Waals surface area contributed by atoms with Crippen molar-refractivity contribution in [1.82, 2.24) is 0 Å². The Morgan fingerprint density at radius 2 is 2.00 bits per heavy atom. The first-order valence-corrected chi connectivity index (χ1v) is 3.17. The first-order valence-electron chi connectivity index (χ1n) is 3.17. The van der Waals surface area contributed by atoms with Gasteiger partial charge in [-0.2, -0.15) is 0 Å². The lowest BCUT2D eigenvalue weighted by atomic mass is 10.3. The highest BCUT2D eigenvalue weighted by atomic mass is 16.1. The van der Waals surface area contributed by atoms with Gasteiger partial charge >= 0.3 is 0 Å². The fraction of sp³-hybridized carbons (Fsp3) is 0.375. The summed E-state index contributed by atoms with van der Waals surface area (Å²) in [6.07, 6.45) is 10.2. The first kappa shape index (κ1) is 8.15. The molecule has 0 unspecified atom stereocenters. The number of allylic oxidation sites excluding steroid dienone is 4. The van der Waals surface area contributed by atoms with Gasteiger partial charge in [-0.15, -0.1) is 0 Å². The number of hydrogen-bond donors (Lipinski definition) is 0. The number of carbonyl (C=O) groups excluding carboxylic acids is 1. The molecule has 0 rings (SSSR count). The van der Waals surface area contributed by atoms with Gasteiger partial charge in [0.15, 0.2) is 0 Å². The Hall–Kier alpha value is -0.850. The lowest BCUT2D eigenvalue weighted by Crippen LogP contribution is -1.60. The van der Waals surface area contributed by atoms with E-state index in [1.165, 1.54) is 6.08 Å². The van der Waals surface area contributed by atoms with Gasteiger partial charge in [-0.1, -0.05) is 25.2 Å². The molecule has 0 aliphatic carbocycles. The molecule has 50 valence electrons. The van der Waals surface area contributed by atoms with Gasteiger partial charge in [-0.3, -0.25) is 4.79 Å². The molecule has 1 nitrogen and oxygen atoms in total. The molecule has 0 heterocycles. The van der Waals surface area contributed by atoms with Crippen molar-refractivity contribution < 1.29 is 4.79 Å². The summed E-state index contributed by atoms with van der Waals surface area (Å²) < 4.78 is 0. The normalized spacial score (nSPS) is 11.2. The zero-order chi connectivity index (χ0) is 6.95. The lowest BCUT2D eigenvalue weighted by Gasteiger charge is -1.77. The maximum Gasteiger partial charge on any atom is 0.142 e. The Morgan fingerprint density at radius 1 is 1.22 bits per heavy atom. The zero-order valence-electron chi connectivity index (χ0n) is 5.71. The quantitative estimate of drug-likeness (QED) is 0.318. The fourth-order valence-electron chi connectivity index (χ4n) is 0.476. The largest absolute Gasteiger partial charge is 0.299 e. The third-order valence-electron chi connectivity index (χ3n) is 0.889. The van der Waals surface area contributed by atoms with Crippen LogP contribution in [0.4, 0.5) is 0 Å². The van der Waals surface area contributed by atoms with Crippen LogP contribution in [0.25, 0.3) is 0 Å². The Morgan fingerprint density at radius 3 is 2.56 bits per heavy atom. The highest BCUT2D eigenvalue weighted by Gasteiger charge is 1.67. The van der Waals surface area contributed by atoms with Gasteiger partial charge in [0.25, 0.3) is 0 Å². The third-order valence-corrected chi connectivity index (χ3v) is 0.889. The highest BCUT2D eigenvalue weighted by Crippen LogP contribution is 1.86. The Bertz CT molecular complexity index is 112. The van der Waals surface area contributed by atoms with Crippen LogP contribution in [0.2, 0.25) is 0 Å². The maximum atomic E-state index is 9.73. The maximum absolute atomic E-state index is 9.73. The molecular weight excluding hydrogens is 112 g/mol. The van der Waals surface area contributed by atoms with Gasteiger partial charge in [0, 0.05) is 0 Å². The third kappa shape index (κ3) is 7.15. The van der Waals surface area contributed by atoms with E-state index in [1.807, 2.05) is 12.2 Å². The summed E-state index contributed by atoms with van der Waals surface area (Å²) in [6.45, 7) is 2.08. The monoisotopic (exact) mass is 124 g/mol. The van der Waals surface area contributed by atoms with E-state index in [0.717, 1.165) is 19.1 Å². The first-order chi connectivity index (χ1) is 4.41. The van der Waals surface area contributed by atoms with Crippen molar-refractivity contribution in [2.75, 3.05) is 0 Å². The van der Waals surface area contributed by atoms with Crippen molar-refractivity contribution in [3.8, 4) is 0 Å². The van der Waals surface area contributed by atoms with E-state index in [9.17, 15) is 4.79 Å². The average molecular weight is 124 g/mol. The predicted molar refractivity (Wildman–Crippen MR) is 39.3 cm³/mol. The molecule has 0 saturated carbocycles. The molecule has 0 aromatic rings. The molecule has 0 N–H and O–H groups in total. The summed E-state index contributed by atoms with van der Waals surface area (Å²) in [4.78, 5) is 9.73. The molecule has 0 aliphatic rings. The fourth-order valence-corrected chi connectivity index (χ4v) is 0.476. The second-order valence-corrected chi connectivity index (χ2v) is 1.68. The minimum atomic E-state index is 0.791. The van der Waals surface area contributed by atoms with Gasteiger partial charge in [0.2, 0.25) is 0 Å². The highest BCUT2D eigenvalue weighted by molar-refractivity contribution is 5.64. The number of aldehydes is 1. The van der Waals surface area contributed by atoms with Crippen LogP contribution in [0.15, 0.2) is 24.3 Å². The molecular formula is C8H12O. The minimum Gasteiger partial charge on any atom is -0.299 e. The molecule has 0 amide bonds. The minimum absolute atomic E-state index is 0.791. The van der Waals surface area contributed by atoms with Gasteiger partial charge in [0.1, 0.15) is 6.29 Å². The van der Waals surface area contributed by atoms with Gasteiger partial charge < -0.3 is 0 Å². The molecule has 0 spiro atoms. The second kappa shape index (κ2) is 7.15. The zero-order valence-corrected chi connectivity index (χ0v) is 5.71. The molecule has 0 aromatic carbocycles. The van der Waals surface area contributed by atoms with Crippen LogP contribution in [0.5, 0.6) is 0 Å². The van der Waals surface area contributed by atoms with E-state index in [-0.39, 0.29) is 0 Å². The number of carbonyl (C=O) groups is 1. The lowest BCUT2D eigenvalue weighted by molar-refractivity contribution is -0.104. The van der Waals surface area contributed by atoms with E-state index in [4.69, 9.17) is 0 Å². The molecule has 0 aromatic heterocycles. The van der Waals surface area contributed by atoms with Crippen LogP contribution in [0, 0.1) is 0 Å². The van der Waals surface area contributed by atoms with Gasteiger partial charge in [-0.25, -0.2) is 0 Å². The summed E-state index contributed by atoms with van der Waals surface area (Å²) in [5.41, 5.74) is 0. The van der Waals surface area contributed by atoms with E-state index < -0.39 is 0 Å². The summed E-state index contributed by atoms with van der Waals surface area (Å²) in [5, 5.41) is 0. The van der Waals surface area contributed by atoms with E-state index in [1.54, 1.807) is 0 Å². The van der Waals surface area contributed by atoms with Crippen molar-refractivity contribution in [1.29, 1.82) is 0 Å². The predicted octanol–water partition coefficient (Wildman–Crippen LogP) is 2.10. The van der Waals surface area contributed by atoms with Crippen molar-refractivity contribution >= 4 is 6.29 Å². The summed E-state index contributed by atoms with van der Waals surface area (Å²) in [7, 11) is 0. The van der Waals surface area contributed by atoms with Crippen molar-refractivity contribution in [3.05, 3.63) is 24.3 Å². The van der Waals surface area contributed by atoms with E-state index in [0.29, 0.717) is 0 Å². The van der Waals surface area contributed by atoms with Gasteiger partial charge in [0.05, 0.1) is 0 Å². The van der Waals surface area contributed by atoms with Crippen LogP contribution in [0.3, 0.4) is 0 Å². The topological polar surface area (TPSA) is 17.1 Å². The molecule has 0 fully saturated rings. The van der Waals surface area contributed by atoms with Crippen molar-refractivity contribution in [2.24, 2.45) is 0 Å². The standard InChI is InChI=1S/C8H12O/c1-2-3-4-5-6-7-8-9/h3-4,6-8H,2,5H2,1H3/b4-3-,7-6-. The molecule has 9 heavy (non-hydrogen) atoms. The Kier molecular flexibility index (Phi) is 6.47. The molecule has 1 heteroatoms. The van der Waals surface area contributed by atoms with Crippen LogP contribution in [-0.2, 0) is 4.79 Å². The molecule has 0 saturated heterocycles. The SMILES string of the molecule is CC/C=C\C/C=C\C=O. The van der Waals surface area contributed by atoms with Crippen LogP contribution >= 0.6 is 0 Å². The van der Waals surface area contributed by atoms with Crippen LogP contribution < -0.4 is 0 Å². The number of rotatable bonds is 4. The molecule has 0 radical (unpaired) electrons. The second-order valence-electron chi connectivity index (χ2n) is 1.68. The Balaban J connectivity index is 3.17. The molecule has 0 bridgehead atoms. The summed E-state index contributed by atoms with van der Waals surface area (Å²) in [5.74, 6) is 0. The summed E-state index contributed by atoms with van der Waals surface area (Å²) in [6, 6.07) is 0. The van der Waals surface area contributed by atoms with Crippen LogP contribution in [-0.4, -0.2) is 6.29 Å². The average Bonchev–Trinajstić information content (AvgIpc) is 1.89. The Labute approximate surface area is 56.1 Å². The van der Waals surface area contributed by atoms with Crippen molar-refractivity contribution in [2.45, 2.75) is 19.8 Å².